The quantitative estimate of drug-likeness (QED) is 0.590. The van der Waals surface area contributed by atoms with Gasteiger partial charge in [0.2, 0.25) is 5.91 Å². The van der Waals surface area contributed by atoms with Crippen LogP contribution in [0.2, 0.25) is 0 Å². The summed E-state index contributed by atoms with van der Waals surface area (Å²) in [5.74, 6) is -0.614. The van der Waals surface area contributed by atoms with E-state index in [0.717, 1.165) is 5.56 Å². The maximum Gasteiger partial charge on any atom is 0.272 e. The van der Waals surface area contributed by atoms with Crippen LogP contribution in [-0.4, -0.2) is 10.8 Å². The Morgan fingerprint density at radius 2 is 1.73 bits per heavy atom. The van der Waals surface area contributed by atoms with E-state index in [1.165, 1.54) is 6.07 Å². The minimum Gasteiger partial charge on any atom is -0.349 e. The second-order valence-corrected chi connectivity index (χ2v) is 6.26. The maximum atomic E-state index is 12.5. The Kier molecular flexibility index (Phi) is 7.74. The molecule has 26 heavy (non-hydrogen) atoms. The van der Waals surface area contributed by atoms with Crippen LogP contribution < -0.4 is 11.1 Å². The van der Waals surface area contributed by atoms with E-state index in [2.05, 4.69) is 5.32 Å². The van der Waals surface area contributed by atoms with Crippen LogP contribution in [0.25, 0.3) is 0 Å². The second-order valence-electron chi connectivity index (χ2n) is 6.26. The molecule has 7 heteroatoms. The first-order valence-corrected chi connectivity index (χ1v) is 8.17. The molecule has 2 aromatic carbocycles. The summed E-state index contributed by atoms with van der Waals surface area (Å²) in [4.78, 5) is 23.2. The number of hydrogen-bond donors (Lipinski definition) is 2. The maximum absolute atomic E-state index is 12.5. The van der Waals surface area contributed by atoms with E-state index in [1.54, 1.807) is 32.9 Å². The molecule has 6 nitrogen and oxygen atoms in total. The SMILES string of the molecule is Cc1ccc(C(C)NC(=O)C(C)C(N)c2ccccc2)cc1[N+](=O)[O-].Cl. The van der Waals surface area contributed by atoms with Crippen LogP contribution >= 0.6 is 12.4 Å². The summed E-state index contributed by atoms with van der Waals surface area (Å²) in [5, 5.41) is 14.0. The van der Waals surface area contributed by atoms with Crippen LogP contribution in [-0.2, 0) is 4.79 Å². The molecular formula is C19H24ClN3O3. The molecule has 0 saturated carbocycles. The Hall–Kier alpha value is -2.44. The molecule has 3 N–H and O–H groups in total. The number of nitro benzene ring substituents is 1. The van der Waals surface area contributed by atoms with Crippen LogP contribution in [0.4, 0.5) is 5.69 Å². The molecule has 0 heterocycles. The fourth-order valence-corrected chi connectivity index (χ4v) is 2.65. The van der Waals surface area contributed by atoms with E-state index >= 15 is 0 Å². The summed E-state index contributed by atoms with van der Waals surface area (Å²) >= 11 is 0. The van der Waals surface area contributed by atoms with Gasteiger partial charge < -0.3 is 11.1 Å². The van der Waals surface area contributed by atoms with Crippen molar-refractivity contribution >= 4 is 24.0 Å². The average molecular weight is 378 g/mol. The highest BCUT2D eigenvalue weighted by molar-refractivity contribution is 5.85. The molecule has 140 valence electrons. The average Bonchev–Trinajstić information content (AvgIpc) is 2.61. The highest BCUT2D eigenvalue weighted by Gasteiger charge is 2.24. The molecule has 0 bridgehead atoms. The van der Waals surface area contributed by atoms with Crippen LogP contribution in [0, 0.1) is 23.0 Å². The van der Waals surface area contributed by atoms with Gasteiger partial charge in [-0.1, -0.05) is 49.4 Å². The smallest absolute Gasteiger partial charge is 0.272 e. The zero-order valence-electron chi connectivity index (χ0n) is 15.0. The molecule has 0 spiro atoms. The number of nitrogens with zero attached hydrogens (tertiary/aromatic N) is 1. The number of aryl methyl sites for hydroxylation is 1. The van der Waals surface area contributed by atoms with Crippen LogP contribution in [0.1, 0.15) is 42.6 Å². The summed E-state index contributed by atoms with van der Waals surface area (Å²) in [6, 6.07) is 13.7. The number of halogens is 1. The predicted molar refractivity (Wildman–Crippen MR) is 104 cm³/mol. The molecule has 0 aliphatic heterocycles. The molecule has 0 saturated heterocycles. The molecule has 0 fully saturated rings. The molecule has 0 radical (unpaired) electrons. The normalized spacial score (nSPS) is 13.8. The Morgan fingerprint density at radius 1 is 1.12 bits per heavy atom. The lowest BCUT2D eigenvalue weighted by molar-refractivity contribution is -0.385. The van der Waals surface area contributed by atoms with Gasteiger partial charge >= 0.3 is 0 Å². The lowest BCUT2D eigenvalue weighted by atomic mass is 9.94. The van der Waals surface area contributed by atoms with Gasteiger partial charge in [-0.15, -0.1) is 12.4 Å². The van der Waals surface area contributed by atoms with Gasteiger partial charge in [0, 0.05) is 17.7 Å². The first kappa shape index (κ1) is 21.6. The van der Waals surface area contributed by atoms with E-state index in [9.17, 15) is 14.9 Å². The van der Waals surface area contributed by atoms with Gasteiger partial charge in [0.05, 0.1) is 16.9 Å². The van der Waals surface area contributed by atoms with Crippen molar-refractivity contribution in [2.24, 2.45) is 11.7 Å². The fraction of sp³-hybridized carbons (Fsp3) is 0.316. The summed E-state index contributed by atoms with van der Waals surface area (Å²) in [5.41, 5.74) is 8.40. The molecule has 1 amide bonds. The zero-order valence-corrected chi connectivity index (χ0v) is 15.8. The molecule has 0 aromatic heterocycles. The Morgan fingerprint density at radius 3 is 2.31 bits per heavy atom. The second kappa shape index (κ2) is 9.31. The third kappa shape index (κ3) is 5.03. The van der Waals surface area contributed by atoms with Gasteiger partial charge in [0.25, 0.3) is 5.69 Å². The largest absolute Gasteiger partial charge is 0.349 e. The van der Waals surface area contributed by atoms with Crippen LogP contribution in [0.3, 0.4) is 0 Å². The zero-order chi connectivity index (χ0) is 18.6. The van der Waals surface area contributed by atoms with Gasteiger partial charge in [0.15, 0.2) is 0 Å². The van der Waals surface area contributed by atoms with Crippen molar-refractivity contribution in [2.75, 3.05) is 0 Å². The molecule has 3 unspecified atom stereocenters. The third-order valence-corrected chi connectivity index (χ3v) is 4.43. The Bertz CT molecular complexity index is 768. The number of hydrogen-bond acceptors (Lipinski definition) is 4. The first-order chi connectivity index (χ1) is 11.8. The fourth-order valence-electron chi connectivity index (χ4n) is 2.65. The van der Waals surface area contributed by atoms with E-state index in [-0.39, 0.29) is 30.0 Å². The third-order valence-electron chi connectivity index (χ3n) is 4.43. The number of amides is 1. The van der Waals surface area contributed by atoms with Gasteiger partial charge in [-0.2, -0.15) is 0 Å². The molecule has 2 rings (SSSR count). The molecular weight excluding hydrogens is 354 g/mol. The van der Waals surface area contributed by atoms with Gasteiger partial charge in [-0.25, -0.2) is 0 Å². The number of benzene rings is 2. The molecule has 0 aliphatic rings. The minimum absolute atomic E-state index is 0. The summed E-state index contributed by atoms with van der Waals surface area (Å²) < 4.78 is 0. The van der Waals surface area contributed by atoms with Gasteiger partial charge in [-0.3, -0.25) is 14.9 Å². The van der Waals surface area contributed by atoms with Gasteiger partial charge in [0.1, 0.15) is 0 Å². The summed E-state index contributed by atoms with van der Waals surface area (Å²) in [6.45, 7) is 5.26. The summed E-state index contributed by atoms with van der Waals surface area (Å²) in [6.07, 6.45) is 0. The lowest BCUT2D eigenvalue weighted by Gasteiger charge is -2.22. The standard InChI is InChI=1S/C19H23N3O3.ClH/c1-12-9-10-16(11-17(12)22(24)25)14(3)21-19(23)13(2)18(20)15-7-5-4-6-8-15;/h4-11,13-14,18H,20H2,1-3H3,(H,21,23);1H. The number of carbonyl (C=O) groups excluding carboxylic acids is 1. The number of rotatable bonds is 6. The lowest BCUT2D eigenvalue weighted by Crippen LogP contribution is -2.36. The molecule has 3 atom stereocenters. The van der Waals surface area contributed by atoms with Gasteiger partial charge in [-0.05, 0) is 25.0 Å². The topological polar surface area (TPSA) is 98.3 Å². The van der Waals surface area contributed by atoms with E-state index in [0.29, 0.717) is 11.1 Å². The Labute approximate surface area is 159 Å². The minimum atomic E-state index is -0.426. The van der Waals surface area contributed by atoms with Crippen LogP contribution in [0.5, 0.6) is 0 Å². The van der Waals surface area contributed by atoms with E-state index in [4.69, 9.17) is 5.73 Å². The Balaban J connectivity index is 0.00000338. The highest BCUT2D eigenvalue weighted by atomic mass is 35.5. The summed E-state index contributed by atoms with van der Waals surface area (Å²) in [7, 11) is 0. The highest BCUT2D eigenvalue weighted by Crippen LogP contribution is 2.24. The van der Waals surface area contributed by atoms with Crippen molar-refractivity contribution in [3.8, 4) is 0 Å². The van der Waals surface area contributed by atoms with Crippen molar-refractivity contribution in [3.63, 3.8) is 0 Å². The van der Waals surface area contributed by atoms with Crippen LogP contribution in [0.15, 0.2) is 48.5 Å². The molecule has 0 aliphatic carbocycles. The molecule has 2 aromatic rings. The number of nitrogens with one attached hydrogen (secondary N) is 1. The van der Waals surface area contributed by atoms with E-state index in [1.807, 2.05) is 30.3 Å². The monoisotopic (exact) mass is 377 g/mol. The van der Waals surface area contributed by atoms with E-state index < -0.39 is 16.9 Å². The predicted octanol–water partition coefficient (Wildman–Crippen LogP) is 3.84. The van der Waals surface area contributed by atoms with Crippen molar-refractivity contribution in [2.45, 2.75) is 32.9 Å². The number of nitrogens with two attached hydrogens (primary N) is 1. The van der Waals surface area contributed by atoms with Crippen molar-refractivity contribution < 1.29 is 9.72 Å². The number of carbonyl (C=O) groups is 1. The van der Waals surface area contributed by atoms with Crippen molar-refractivity contribution in [1.82, 2.24) is 5.32 Å². The first-order valence-electron chi connectivity index (χ1n) is 8.17. The van der Waals surface area contributed by atoms with Crippen molar-refractivity contribution in [1.29, 1.82) is 0 Å². The number of nitro groups is 1. The van der Waals surface area contributed by atoms with Crippen molar-refractivity contribution in [3.05, 3.63) is 75.3 Å².